The van der Waals surface area contributed by atoms with Gasteiger partial charge >= 0.3 is 0 Å². The van der Waals surface area contributed by atoms with E-state index in [0.717, 1.165) is 39.6 Å². The minimum Gasteiger partial charge on any atom is -0.352 e. The largest absolute Gasteiger partial charge is 0.352 e. The number of hydrogen-bond acceptors (Lipinski definition) is 3. The molecule has 2 aliphatic rings. The minimum atomic E-state index is -0.0341. The molecule has 0 fully saturated rings. The van der Waals surface area contributed by atoms with Gasteiger partial charge in [0.05, 0.1) is 5.52 Å². The lowest BCUT2D eigenvalue weighted by Gasteiger charge is -2.09. The van der Waals surface area contributed by atoms with Crippen LogP contribution in [0.25, 0.3) is 33.3 Å². The van der Waals surface area contributed by atoms with Crippen LogP contribution in [0.4, 0.5) is 0 Å². The summed E-state index contributed by atoms with van der Waals surface area (Å²) in [4.78, 5) is 21.5. The molecule has 0 saturated heterocycles. The predicted octanol–water partition coefficient (Wildman–Crippen LogP) is 4.86. The quantitative estimate of drug-likeness (QED) is 0.497. The summed E-state index contributed by atoms with van der Waals surface area (Å²) in [5, 5.41) is 6.59. The van der Waals surface area contributed by atoms with E-state index in [4.69, 9.17) is 0 Å². The van der Waals surface area contributed by atoms with Crippen molar-refractivity contribution in [2.45, 2.75) is 6.42 Å². The van der Waals surface area contributed by atoms with Crippen molar-refractivity contribution in [1.82, 2.24) is 15.3 Å². The fourth-order valence-electron chi connectivity index (χ4n) is 4.57. The average Bonchev–Trinajstić information content (AvgIpc) is 3.39. The molecule has 0 saturated carbocycles. The zero-order chi connectivity index (χ0) is 20.8. The van der Waals surface area contributed by atoms with Gasteiger partial charge in [-0.1, -0.05) is 36.4 Å². The molecule has 2 aliphatic carbocycles. The van der Waals surface area contributed by atoms with Crippen LogP contribution in [-0.2, 0) is 11.2 Å². The van der Waals surface area contributed by atoms with Crippen LogP contribution in [-0.4, -0.2) is 22.4 Å². The molecule has 148 valence electrons. The normalized spacial score (nSPS) is 14.1. The summed E-state index contributed by atoms with van der Waals surface area (Å²) in [6, 6.07) is 16.6. The molecule has 0 spiro atoms. The first kappa shape index (κ1) is 17.8. The number of allylic oxidation sites excluding steroid dienone is 3. The van der Waals surface area contributed by atoms with Crippen molar-refractivity contribution in [3.8, 4) is 0 Å². The lowest BCUT2D eigenvalue weighted by atomic mass is 9.96. The SMILES string of the molecule is O=C(NCCc1cccnc1)C1=CC=C2C1=Cc1c2ccc2c1ccc1ncccc12. The standard InChI is InChI=1S/C27H19N3O/c31-27(30-14-11-17-3-1-12-28-16-17)23-8-7-20-19-6-5-18-21(24(19)15-25(20)23)9-10-26-22(18)4-2-13-29-26/h1-10,12-13,15-16H,11,14H2,(H,30,31). The highest BCUT2D eigenvalue weighted by atomic mass is 16.1. The number of benzene rings is 2. The molecular formula is C27H19N3O. The zero-order valence-corrected chi connectivity index (χ0v) is 16.8. The number of amides is 1. The number of nitrogens with zero attached hydrogens (tertiary/aromatic N) is 2. The van der Waals surface area contributed by atoms with Crippen LogP contribution in [0.1, 0.15) is 16.7 Å². The molecular weight excluding hydrogens is 382 g/mol. The average molecular weight is 401 g/mol. The maximum atomic E-state index is 12.9. The Bertz CT molecular complexity index is 1460. The van der Waals surface area contributed by atoms with E-state index in [1.54, 1.807) is 6.20 Å². The van der Waals surface area contributed by atoms with Gasteiger partial charge in [0.1, 0.15) is 0 Å². The van der Waals surface area contributed by atoms with Gasteiger partial charge in [-0.2, -0.15) is 0 Å². The number of hydrogen-bond donors (Lipinski definition) is 1. The van der Waals surface area contributed by atoms with Crippen LogP contribution in [0.2, 0.25) is 0 Å². The van der Waals surface area contributed by atoms with E-state index in [1.807, 2.05) is 36.7 Å². The van der Waals surface area contributed by atoms with Gasteiger partial charge in [0.15, 0.2) is 0 Å². The molecule has 2 heterocycles. The Labute approximate surface area is 179 Å². The first-order valence-corrected chi connectivity index (χ1v) is 10.4. The number of aromatic nitrogens is 2. The van der Waals surface area contributed by atoms with Crippen LogP contribution in [0.3, 0.4) is 0 Å². The number of nitrogens with one attached hydrogen (secondary N) is 1. The van der Waals surface area contributed by atoms with Crippen molar-refractivity contribution in [1.29, 1.82) is 0 Å². The third-order valence-corrected chi connectivity index (χ3v) is 6.07. The molecule has 4 nitrogen and oxygen atoms in total. The van der Waals surface area contributed by atoms with Gasteiger partial charge < -0.3 is 5.32 Å². The van der Waals surface area contributed by atoms with E-state index in [0.29, 0.717) is 6.54 Å². The minimum absolute atomic E-state index is 0.0341. The van der Waals surface area contributed by atoms with Gasteiger partial charge in [-0.3, -0.25) is 14.8 Å². The molecule has 0 aliphatic heterocycles. The van der Waals surface area contributed by atoms with Crippen molar-refractivity contribution in [2.75, 3.05) is 6.54 Å². The van der Waals surface area contributed by atoms with E-state index in [1.165, 1.54) is 21.9 Å². The highest BCUT2D eigenvalue weighted by molar-refractivity contribution is 6.18. The number of rotatable bonds is 4. The smallest absolute Gasteiger partial charge is 0.251 e. The molecule has 6 rings (SSSR count). The highest BCUT2D eigenvalue weighted by Gasteiger charge is 2.29. The van der Waals surface area contributed by atoms with Gasteiger partial charge in [-0.05, 0) is 75.4 Å². The van der Waals surface area contributed by atoms with E-state index < -0.39 is 0 Å². The highest BCUT2D eigenvalue weighted by Crippen LogP contribution is 2.45. The van der Waals surface area contributed by atoms with Gasteiger partial charge in [0.2, 0.25) is 0 Å². The second kappa shape index (κ2) is 7.03. The maximum Gasteiger partial charge on any atom is 0.251 e. The maximum absolute atomic E-state index is 12.9. The van der Waals surface area contributed by atoms with Gasteiger partial charge in [0.25, 0.3) is 5.91 Å². The molecule has 0 bridgehead atoms. The third-order valence-electron chi connectivity index (χ3n) is 6.07. The van der Waals surface area contributed by atoms with Gasteiger partial charge in [-0.25, -0.2) is 0 Å². The van der Waals surface area contributed by atoms with Crippen molar-refractivity contribution in [2.24, 2.45) is 0 Å². The fourth-order valence-corrected chi connectivity index (χ4v) is 4.57. The van der Waals surface area contributed by atoms with Crippen LogP contribution in [0.5, 0.6) is 0 Å². The topological polar surface area (TPSA) is 54.9 Å². The number of carbonyl (C=O) groups excluding carboxylic acids is 1. The molecule has 1 N–H and O–H groups in total. The number of pyridine rings is 2. The summed E-state index contributed by atoms with van der Waals surface area (Å²) in [7, 11) is 0. The van der Waals surface area contributed by atoms with Crippen molar-refractivity contribution in [3.05, 3.63) is 107 Å². The van der Waals surface area contributed by atoms with E-state index in [9.17, 15) is 4.79 Å². The summed E-state index contributed by atoms with van der Waals surface area (Å²) < 4.78 is 0. The molecule has 2 aromatic heterocycles. The Morgan fingerprint density at radius 3 is 2.68 bits per heavy atom. The Morgan fingerprint density at radius 1 is 0.871 bits per heavy atom. The molecule has 0 unspecified atom stereocenters. The summed E-state index contributed by atoms with van der Waals surface area (Å²) in [5.74, 6) is -0.0341. The zero-order valence-electron chi connectivity index (χ0n) is 16.8. The van der Waals surface area contributed by atoms with Gasteiger partial charge in [0, 0.05) is 36.1 Å². The van der Waals surface area contributed by atoms with Crippen LogP contribution in [0.15, 0.2) is 90.4 Å². The lowest BCUT2D eigenvalue weighted by Crippen LogP contribution is -2.27. The van der Waals surface area contributed by atoms with Gasteiger partial charge in [-0.15, -0.1) is 0 Å². The van der Waals surface area contributed by atoms with Crippen LogP contribution >= 0.6 is 0 Å². The molecule has 2 aromatic carbocycles. The molecule has 4 aromatic rings. The molecule has 4 heteroatoms. The fraction of sp³-hybridized carbons (Fsp3) is 0.0741. The predicted molar refractivity (Wildman–Crippen MR) is 124 cm³/mol. The lowest BCUT2D eigenvalue weighted by molar-refractivity contribution is -0.117. The summed E-state index contributed by atoms with van der Waals surface area (Å²) in [5.41, 5.74) is 7.33. The first-order valence-electron chi connectivity index (χ1n) is 10.4. The van der Waals surface area contributed by atoms with E-state index in [2.05, 4.69) is 57.8 Å². The molecule has 31 heavy (non-hydrogen) atoms. The Morgan fingerprint density at radius 2 is 1.77 bits per heavy atom. The molecule has 0 atom stereocenters. The monoisotopic (exact) mass is 401 g/mol. The molecule has 1 amide bonds. The Kier molecular flexibility index (Phi) is 4.03. The summed E-state index contributed by atoms with van der Waals surface area (Å²) in [6.45, 7) is 0.583. The summed E-state index contributed by atoms with van der Waals surface area (Å²) in [6.07, 6.45) is 12.3. The van der Waals surface area contributed by atoms with Crippen molar-refractivity contribution in [3.63, 3.8) is 0 Å². The van der Waals surface area contributed by atoms with E-state index in [-0.39, 0.29) is 5.91 Å². The number of fused-ring (bicyclic) bond motifs is 7. The van der Waals surface area contributed by atoms with Crippen molar-refractivity contribution >= 4 is 39.2 Å². The van der Waals surface area contributed by atoms with Crippen LogP contribution in [0, 0.1) is 0 Å². The molecule has 0 radical (unpaired) electrons. The second-order valence-corrected chi connectivity index (χ2v) is 7.84. The Hall–Kier alpha value is -4.05. The van der Waals surface area contributed by atoms with Crippen LogP contribution < -0.4 is 5.32 Å². The first-order chi connectivity index (χ1) is 15.3. The number of carbonyl (C=O) groups is 1. The Balaban J connectivity index is 1.29. The second-order valence-electron chi connectivity index (χ2n) is 7.84. The van der Waals surface area contributed by atoms with Crippen molar-refractivity contribution < 1.29 is 4.79 Å². The van der Waals surface area contributed by atoms with E-state index >= 15 is 0 Å². The third kappa shape index (κ3) is 2.88. The summed E-state index contributed by atoms with van der Waals surface area (Å²) >= 11 is 0.